The average molecular weight is 282 g/mol. The first kappa shape index (κ1) is 13.0. The van der Waals surface area contributed by atoms with E-state index in [2.05, 4.69) is 47.8 Å². The van der Waals surface area contributed by atoms with Crippen LogP contribution in [0.3, 0.4) is 0 Å². The van der Waals surface area contributed by atoms with Crippen molar-refractivity contribution in [1.29, 1.82) is 0 Å². The van der Waals surface area contributed by atoms with Crippen LogP contribution >= 0.6 is 11.6 Å². The van der Waals surface area contributed by atoms with Gasteiger partial charge in [0.2, 0.25) is 0 Å². The van der Waals surface area contributed by atoms with Crippen molar-refractivity contribution in [3.8, 4) is 0 Å². The Morgan fingerprint density at radius 3 is 2.40 bits per heavy atom. The average Bonchev–Trinajstić information content (AvgIpc) is 2.49. The topological polar surface area (TPSA) is 12.0 Å². The van der Waals surface area contributed by atoms with Gasteiger partial charge in [-0.05, 0) is 47.0 Å². The largest absolute Gasteiger partial charge is 0.385 e. The molecule has 0 aliphatic heterocycles. The highest BCUT2D eigenvalue weighted by atomic mass is 35.5. The van der Waals surface area contributed by atoms with Gasteiger partial charge in [-0.2, -0.15) is 0 Å². The second-order valence-corrected chi connectivity index (χ2v) is 5.26. The molecule has 0 bridgehead atoms. The minimum atomic E-state index is 0.768. The fourth-order valence-corrected chi connectivity index (χ4v) is 2.55. The maximum atomic E-state index is 5.88. The third-order valence-corrected chi connectivity index (χ3v) is 3.70. The highest BCUT2D eigenvalue weighted by molar-refractivity contribution is 6.30. The van der Waals surface area contributed by atoms with E-state index in [4.69, 9.17) is 11.6 Å². The van der Waals surface area contributed by atoms with Crippen molar-refractivity contribution in [2.75, 3.05) is 11.9 Å². The maximum Gasteiger partial charge on any atom is 0.0407 e. The molecule has 0 heterocycles. The summed E-state index contributed by atoms with van der Waals surface area (Å²) in [5.41, 5.74) is 2.49. The number of nitrogens with one attached hydrogen (secondary N) is 1. The predicted octanol–water partition coefficient (Wildman–Crippen LogP) is 5.15. The van der Waals surface area contributed by atoms with Crippen LogP contribution in [-0.2, 0) is 6.42 Å². The molecular weight excluding hydrogens is 266 g/mol. The van der Waals surface area contributed by atoms with Crippen LogP contribution < -0.4 is 5.32 Å². The van der Waals surface area contributed by atoms with E-state index in [0.29, 0.717) is 0 Å². The molecule has 3 rings (SSSR count). The summed E-state index contributed by atoms with van der Waals surface area (Å²) in [6, 6.07) is 22.8. The van der Waals surface area contributed by atoms with Gasteiger partial charge in [0.15, 0.2) is 0 Å². The smallest absolute Gasteiger partial charge is 0.0407 e. The zero-order valence-electron chi connectivity index (χ0n) is 11.1. The molecular formula is C18H16ClN. The van der Waals surface area contributed by atoms with Gasteiger partial charge in [0.05, 0.1) is 0 Å². The van der Waals surface area contributed by atoms with Gasteiger partial charge in [-0.15, -0.1) is 0 Å². The molecule has 0 saturated heterocycles. The van der Waals surface area contributed by atoms with Gasteiger partial charge in [0, 0.05) is 17.3 Å². The minimum absolute atomic E-state index is 0.768. The van der Waals surface area contributed by atoms with Gasteiger partial charge in [0.1, 0.15) is 0 Å². The molecule has 0 aliphatic carbocycles. The summed E-state index contributed by atoms with van der Waals surface area (Å²) in [6.45, 7) is 0.912. The Morgan fingerprint density at radius 2 is 1.55 bits per heavy atom. The first-order valence-electron chi connectivity index (χ1n) is 6.79. The molecule has 0 saturated carbocycles. The number of anilines is 1. The molecule has 100 valence electrons. The normalized spacial score (nSPS) is 10.7. The van der Waals surface area contributed by atoms with Crippen LogP contribution in [0.25, 0.3) is 10.8 Å². The summed E-state index contributed by atoms with van der Waals surface area (Å²) < 4.78 is 0. The lowest BCUT2D eigenvalue weighted by Gasteiger charge is -2.09. The van der Waals surface area contributed by atoms with Gasteiger partial charge in [-0.25, -0.2) is 0 Å². The number of fused-ring (bicyclic) bond motifs is 1. The number of hydrogen-bond acceptors (Lipinski definition) is 1. The quantitative estimate of drug-likeness (QED) is 0.697. The van der Waals surface area contributed by atoms with Crippen LogP contribution in [0.1, 0.15) is 5.56 Å². The summed E-state index contributed by atoms with van der Waals surface area (Å²) >= 11 is 5.88. The summed E-state index contributed by atoms with van der Waals surface area (Å²) in [5.74, 6) is 0. The maximum absolute atomic E-state index is 5.88. The molecule has 0 fully saturated rings. The number of benzene rings is 3. The van der Waals surface area contributed by atoms with Crippen LogP contribution in [0.2, 0.25) is 5.02 Å². The number of halogens is 1. The Kier molecular flexibility index (Phi) is 3.89. The number of rotatable bonds is 4. The van der Waals surface area contributed by atoms with Crippen molar-refractivity contribution in [2.45, 2.75) is 6.42 Å². The van der Waals surface area contributed by atoms with Crippen LogP contribution in [0, 0.1) is 0 Å². The minimum Gasteiger partial charge on any atom is -0.385 e. The Bertz CT molecular complexity index is 699. The molecule has 0 aromatic heterocycles. The van der Waals surface area contributed by atoms with Crippen molar-refractivity contribution in [1.82, 2.24) is 0 Å². The molecule has 0 amide bonds. The lowest BCUT2D eigenvalue weighted by molar-refractivity contribution is 1.03. The summed E-state index contributed by atoms with van der Waals surface area (Å²) in [6.07, 6.45) is 1.00. The van der Waals surface area contributed by atoms with E-state index in [9.17, 15) is 0 Å². The van der Waals surface area contributed by atoms with Crippen LogP contribution in [-0.4, -0.2) is 6.54 Å². The van der Waals surface area contributed by atoms with E-state index < -0.39 is 0 Å². The molecule has 0 unspecified atom stereocenters. The Morgan fingerprint density at radius 1 is 0.800 bits per heavy atom. The Hall–Kier alpha value is -1.99. The molecule has 0 radical (unpaired) electrons. The summed E-state index contributed by atoms with van der Waals surface area (Å²) in [5, 5.41) is 6.84. The second kappa shape index (κ2) is 5.98. The van der Waals surface area contributed by atoms with Crippen LogP contribution in [0.15, 0.2) is 66.7 Å². The lowest BCUT2D eigenvalue weighted by Crippen LogP contribution is -2.04. The van der Waals surface area contributed by atoms with Crippen molar-refractivity contribution in [3.05, 3.63) is 77.3 Å². The van der Waals surface area contributed by atoms with Gasteiger partial charge in [0.25, 0.3) is 0 Å². The van der Waals surface area contributed by atoms with Gasteiger partial charge < -0.3 is 5.32 Å². The van der Waals surface area contributed by atoms with Crippen molar-refractivity contribution in [3.63, 3.8) is 0 Å². The molecule has 3 aromatic carbocycles. The molecule has 0 atom stereocenters. The first-order chi connectivity index (χ1) is 9.83. The van der Waals surface area contributed by atoms with E-state index in [-0.39, 0.29) is 0 Å². The molecule has 20 heavy (non-hydrogen) atoms. The highest BCUT2D eigenvalue weighted by Gasteiger charge is 2.00. The third-order valence-electron chi connectivity index (χ3n) is 3.45. The van der Waals surface area contributed by atoms with Crippen molar-refractivity contribution < 1.29 is 0 Å². The Balaban J connectivity index is 1.69. The van der Waals surface area contributed by atoms with E-state index in [1.807, 2.05) is 24.3 Å². The van der Waals surface area contributed by atoms with Gasteiger partial charge in [-0.1, -0.05) is 54.1 Å². The highest BCUT2D eigenvalue weighted by Crippen LogP contribution is 2.19. The SMILES string of the molecule is Clc1ccc(NCCc2cccc3ccccc23)cc1. The third kappa shape index (κ3) is 2.94. The fraction of sp³-hybridized carbons (Fsp3) is 0.111. The zero-order chi connectivity index (χ0) is 13.8. The van der Waals surface area contributed by atoms with Gasteiger partial charge >= 0.3 is 0 Å². The summed E-state index contributed by atoms with van der Waals surface area (Å²) in [7, 11) is 0. The van der Waals surface area contributed by atoms with E-state index in [1.54, 1.807) is 0 Å². The summed E-state index contributed by atoms with van der Waals surface area (Å²) in [4.78, 5) is 0. The standard InChI is InChI=1S/C18H16ClN/c19-16-8-10-17(11-9-16)20-13-12-15-6-3-5-14-4-1-2-7-18(14)15/h1-11,20H,12-13H2. The molecule has 1 nitrogen and oxygen atoms in total. The lowest BCUT2D eigenvalue weighted by atomic mass is 10.0. The predicted molar refractivity (Wildman–Crippen MR) is 87.6 cm³/mol. The fourth-order valence-electron chi connectivity index (χ4n) is 2.42. The van der Waals surface area contributed by atoms with Crippen molar-refractivity contribution >= 4 is 28.1 Å². The van der Waals surface area contributed by atoms with Crippen LogP contribution in [0.4, 0.5) is 5.69 Å². The Labute approximate surface area is 124 Å². The molecule has 0 aliphatic rings. The van der Waals surface area contributed by atoms with Crippen LogP contribution in [0.5, 0.6) is 0 Å². The monoisotopic (exact) mass is 281 g/mol. The molecule has 2 heteroatoms. The first-order valence-corrected chi connectivity index (χ1v) is 7.17. The zero-order valence-corrected chi connectivity index (χ0v) is 11.9. The molecule has 1 N–H and O–H groups in total. The van der Waals surface area contributed by atoms with Crippen molar-refractivity contribution in [2.24, 2.45) is 0 Å². The van der Waals surface area contributed by atoms with Gasteiger partial charge in [-0.3, -0.25) is 0 Å². The molecule has 0 spiro atoms. The number of hydrogen-bond donors (Lipinski definition) is 1. The van der Waals surface area contributed by atoms with E-state index >= 15 is 0 Å². The van der Waals surface area contributed by atoms with E-state index in [0.717, 1.165) is 23.7 Å². The van der Waals surface area contributed by atoms with E-state index in [1.165, 1.54) is 16.3 Å². The molecule has 3 aromatic rings. The second-order valence-electron chi connectivity index (χ2n) is 4.82.